The second-order valence-electron chi connectivity index (χ2n) is 9.42. The van der Waals surface area contributed by atoms with Crippen molar-refractivity contribution >= 4 is 5.97 Å². The maximum Gasteiger partial charge on any atom is 0.343 e. The Labute approximate surface area is 165 Å². The average Bonchev–Trinajstić information content (AvgIpc) is 3.38. The van der Waals surface area contributed by atoms with Crippen LogP contribution >= 0.6 is 0 Å². The molecule has 0 amide bonds. The second-order valence-corrected chi connectivity index (χ2v) is 9.42. The van der Waals surface area contributed by atoms with Crippen LogP contribution in [0, 0.1) is 17.8 Å². The Morgan fingerprint density at radius 1 is 1.36 bits per heavy atom. The topological polar surface area (TPSA) is 57.2 Å². The average molecular weight is 387 g/mol. The Morgan fingerprint density at radius 3 is 2.93 bits per heavy atom. The highest BCUT2D eigenvalue weighted by Gasteiger charge is 2.84. The summed E-state index contributed by atoms with van der Waals surface area (Å²) in [7, 11) is 1.58. The predicted octanol–water partition coefficient (Wildman–Crippen LogP) is 3.09. The summed E-state index contributed by atoms with van der Waals surface area (Å²) < 4.78 is 24.7. The standard InChI is InChI=1S/C22H29NO5/c1-5-6-8-21-14-7-9-23(21)13-10-15(21)27-22(14)16(13)11(2)18(28-22)19-17(25-4)12(3)20(24)26-19/h11,13-16H,5-10H2,1-4H3/b19-18-/t11-,13-,14-,15-,16+,21-,22+/m0/s1. The summed E-state index contributed by atoms with van der Waals surface area (Å²) >= 11 is 0. The van der Waals surface area contributed by atoms with Crippen molar-refractivity contribution in [2.24, 2.45) is 17.8 Å². The minimum absolute atomic E-state index is 0.134. The highest BCUT2D eigenvalue weighted by molar-refractivity contribution is 5.93. The summed E-state index contributed by atoms with van der Waals surface area (Å²) in [6.07, 6.45) is 6.15. The zero-order chi connectivity index (χ0) is 19.4. The van der Waals surface area contributed by atoms with Gasteiger partial charge in [-0.05, 0) is 32.7 Å². The van der Waals surface area contributed by atoms with Crippen molar-refractivity contribution in [3.05, 3.63) is 22.9 Å². The van der Waals surface area contributed by atoms with Crippen molar-refractivity contribution in [3.8, 4) is 0 Å². The third-order valence-electron chi connectivity index (χ3n) is 8.53. The summed E-state index contributed by atoms with van der Waals surface area (Å²) in [4.78, 5) is 14.9. The number of carbonyl (C=O) groups is 1. The van der Waals surface area contributed by atoms with Crippen LogP contribution in [-0.4, -0.2) is 48.0 Å². The van der Waals surface area contributed by atoms with Crippen LogP contribution in [0.1, 0.15) is 52.9 Å². The highest BCUT2D eigenvalue weighted by Crippen LogP contribution is 2.73. The number of nitrogens with zero attached hydrogens (tertiary/aromatic N) is 1. The first-order valence-electron chi connectivity index (χ1n) is 10.8. The zero-order valence-electron chi connectivity index (χ0n) is 17.1. The van der Waals surface area contributed by atoms with Gasteiger partial charge in [0.05, 0.1) is 30.2 Å². The van der Waals surface area contributed by atoms with E-state index in [2.05, 4.69) is 18.7 Å². The fourth-order valence-electron chi connectivity index (χ4n) is 7.64. The minimum atomic E-state index is -0.558. The third kappa shape index (κ3) is 1.65. The fourth-order valence-corrected chi connectivity index (χ4v) is 7.64. The number of allylic oxidation sites excluding steroid dienone is 1. The Balaban J connectivity index is 1.46. The molecule has 0 aromatic rings. The summed E-state index contributed by atoms with van der Waals surface area (Å²) in [5.74, 6) is 1.64. The lowest BCUT2D eigenvalue weighted by Crippen LogP contribution is -2.61. The monoisotopic (exact) mass is 387 g/mol. The van der Waals surface area contributed by atoms with Crippen LogP contribution in [0.15, 0.2) is 22.9 Å². The van der Waals surface area contributed by atoms with Gasteiger partial charge in [0.25, 0.3) is 0 Å². The highest BCUT2D eigenvalue weighted by atomic mass is 16.7. The van der Waals surface area contributed by atoms with E-state index in [0.29, 0.717) is 29.1 Å². The molecule has 1 unspecified atom stereocenters. The molecule has 6 heteroatoms. The summed E-state index contributed by atoms with van der Waals surface area (Å²) in [6, 6.07) is 0.496. The minimum Gasteiger partial charge on any atom is -0.492 e. The van der Waals surface area contributed by atoms with Crippen molar-refractivity contribution in [1.29, 1.82) is 0 Å². The lowest BCUT2D eigenvalue weighted by atomic mass is 9.69. The molecule has 0 aromatic heterocycles. The van der Waals surface area contributed by atoms with Crippen molar-refractivity contribution in [2.45, 2.75) is 76.3 Å². The Kier molecular flexibility index (Phi) is 3.30. The van der Waals surface area contributed by atoms with E-state index in [0.717, 1.165) is 25.1 Å². The molecule has 5 saturated heterocycles. The van der Waals surface area contributed by atoms with Gasteiger partial charge in [0.15, 0.2) is 5.76 Å². The molecule has 0 saturated carbocycles. The quantitative estimate of drug-likeness (QED) is 0.691. The maximum atomic E-state index is 12.2. The summed E-state index contributed by atoms with van der Waals surface area (Å²) in [5.41, 5.74) is 0.659. The molecule has 8 atom stereocenters. The summed E-state index contributed by atoms with van der Waals surface area (Å²) in [5, 5.41) is 0. The predicted molar refractivity (Wildman–Crippen MR) is 99.6 cm³/mol. The zero-order valence-corrected chi connectivity index (χ0v) is 17.1. The first-order chi connectivity index (χ1) is 13.5. The maximum absolute atomic E-state index is 12.2. The van der Waals surface area contributed by atoms with Gasteiger partial charge in [0.2, 0.25) is 11.5 Å². The molecule has 6 aliphatic rings. The molecule has 0 aliphatic carbocycles. The number of methoxy groups -OCH3 is 1. The normalized spacial score (nSPS) is 52.5. The smallest absolute Gasteiger partial charge is 0.343 e. The van der Waals surface area contributed by atoms with Crippen LogP contribution in [0.4, 0.5) is 0 Å². The lowest BCUT2D eigenvalue weighted by molar-refractivity contribution is -0.256. The number of rotatable bonds is 4. The van der Waals surface area contributed by atoms with Gasteiger partial charge in [-0.25, -0.2) is 4.79 Å². The van der Waals surface area contributed by atoms with Crippen LogP contribution in [0.5, 0.6) is 0 Å². The number of unbranched alkanes of at least 4 members (excludes halogenated alkanes) is 1. The Hall–Kier alpha value is -1.53. The van der Waals surface area contributed by atoms with Gasteiger partial charge in [0, 0.05) is 17.9 Å². The van der Waals surface area contributed by atoms with Gasteiger partial charge in [-0.2, -0.15) is 0 Å². The first kappa shape index (κ1) is 17.3. The van der Waals surface area contributed by atoms with Crippen molar-refractivity contribution in [2.75, 3.05) is 13.7 Å². The van der Waals surface area contributed by atoms with Crippen LogP contribution in [0.3, 0.4) is 0 Å². The molecular formula is C22H29NO5. The number of piperidine rings is 1. The molecule has 6 nitrogen and oxygen atoms in total. The second kappa shape index (κ2) is 5.33. The molecule has 6 aliphatic heterocycles. The SMILES string of the molecule is CCCC[C@@]12[C@@H]3C[C@H]4[C@H]5[C@H](C)/C(=C6/OC(=O)C(C)=C6OC)O[C@]5(O3)[C@H]1CCN42. The van der Waals surface area contributed by atoms with Crippen molar-refractivity contribution in [1.82, 2.24) is 4.90 Å². The number of cyclic esters (lactones) is 1. The molecule has 5 bridgehead atoms. The van der Waals surface area contributed by atoms with Crippen LogP contribution < -0.4 is 0 Å². The van der Waals surface area contributed by atoms with E-state index >= 15 is 0 Å². The molecule has 6 heterocycles. The third-order valence-corrected chi connectivity index (χ3v) is 8.53. The van der Waals surface area contributed by atoms with E-state index in [1.54, 1.807) is 14.0 Å². The largest absolute Gasteiger partial charge is 0.492 e. The molecule has 6 rings (SSSR count). The van der Waals surface area contributed by atoms with Crippen molar-refractivity contribution < 1.29 is 23.7 Å². The van der Waals surface area contributed by atoms with E-state index in [9.17, 15) is 4.79 Å². The molecule has 0 N–H and O–H groups in total. The van der Waals surface area contributed by atoms with Crippen LogP contribution in [-0.2, 0) is 23.7 Å². The van der Waals surface area contributed by atoms with Crippen molar-refractivity contribution in [3.63, 3.8) is 0 Å². The number of hydrogen-bond donors (Lipinski definition) is 0. The molecule has 0 radical (unpaired) electrons. The van der Waals surface area contributed by atoms with Gasteiger partial charge in [-0.3, -0.25) is 4.90 Å². The Bertz CT molecular complexity index is 833. The number of ether oxygens (including phenoxy) is 4. The molecule has 5 fully saturated rings. The first-order valence-corrected chi connectivity index (χ1v) is 10.8. The molecule has 152 valence electrons. The van der Waals surface area contributed by atoms with E-state index in [1.165, 1.54) is 19.3 Å². The molecule has 0 aromatic carbocycles. The Morgan fingerprint density at radius 2 is 2.18 bits per heavy atom. The number of fused-ring (bicyclic) bond motifs is 1. The number of hydrogen-bond acceptors (Lipinski definition) is 6. The fraction of sp³-hybridized carbons (Fsp3) is 0.773. The number of carbonyl (C=O) groups excluding carboxylic acids is 1. The molecule has 1 spiro atoms. The van der Waals surface area contributed by atoms with E-state index in [1.807, 2.05) is 0 Å². The van der Waals surface area contributed by atoms with E-state index in [-0.39, 0.29) is 29.4 Å². The van der Waals surface area contributed by atoms with Crippen LogP contribution in [0.25, 0.3) is 0 Å². The number of esters is 1. The van der Waals surface area contributed by atoms with Gasteiger partial charge >= 0.3 is 5.97 Å². The van der Waals surface area contributed by atoms with Gasteiger partial charge in [0.1, 0.15) is 5.76 Å². The van der Waals surface area contributed by atoms with Gasteiger partial charge in [-0.15, -0.1) is 0 Å². The van der Waals surface area contributed by atoms with E-state index < -0.39 is 5.79 Å². The van der Waals surface area contributed by atoms with Gasteiger partial charge < -0.3 is 18.9 Å². The summed E-state index contributed by atoms with van der Waals surface area (Å²) in [6.45, 7) is 7.37. The van der Waals surface area contributed by atoms with Gasteiger partial charge in [-0.1, -0.05) is 26.7 Å². The molecular weight excluding hydrogens is 358 g/mol. The van der Waals surface area contributed by atoms with Crippen LogP contribution in [0.2, 0.25) is 0 Å². The lowest BCUT2D eigenvalue weighted by Gasteiger charge is -2.48. The molecule has 28 heavy (non-hydrogen) atoms. The van der Waals surface area contributed by atoms with E-state index in [4.69, 9.17) is 18.9 Å².